The van der Waals surface area contributed by atoms with Gasteiger partial charge in [0.15, 0.2) is 0 Å². The van der Waals surface area contributed by atoms with E-state index in [1.165, 1.54) is 12.8 Å². The SMILES string of the molecule is CC(C)N[C@H]1CCCC[C@@H]1Nc1ccc2c3c(cccc13)N(C1CCC(=O)NC1=O)C2=O. The first-order valence-corrected chi connectivity index (χ1v) is 11.7. The molecule has 1 aliphatic carbocycles. The van der Waals surface area contributed by atoms with Crippen molar-refractivity contribution < 1.29 is 14.4 Å². The molecule has 32 heavy (non-hydrogen) atoms. The second-order valence-electron chi connectivity index (χ2n) is 9.47. The van der Waals surface area contributed by atoms with Crippen molar-refractivity contribution in [2.24, 2.45) is 0 Å². The molecule has 2 aliphatic heterocycles. The lowest BCUT2D eigenvalue weighted by Crippen LogP contribution is -2.53. The van der Waals surface area contributed by atoms with Gasteiger partial charge in [-0.3, -0.25) is 24.6 Å². The second kappa shape index (κ2) is 8.20. The standard InChI is InChI=1S/C25H30N4O3/c1-14(2)26-18-7-3-4-8-19(18)27-17-11-10-16-23-15(17)6-5-9-20(23)29(25(16)32)21-12-13-22(30)28-24(21)31/h5-6,9-11,14,18-19,21,26-27H,3-4,7-8,12-13H2,1-2H3,(H,28,30,31)/t18-,19-,21?/m0/s1. The van der Waals surface area contributed by atoms with Gasteiger partial charge in [-0.1, -0.05) is 38.8 Å². The van der Waals surface area contributed by atoms with Gasteiger partial charge in [0.05, 0.1) is 11.3 Å². The molecular formula is C25H30N4O3. The van der Waals surface area contributed by atoms with Gasteiger partial charge >= 0.3 is 0 Å². The molecule has 3 aliphatic rings. The lowest BCUT2D eigenvalue weighted by atomic mass is 9.89. The van der Waals surface area contributed by atoms with E-state index in [4.69, 9.17) is 0 Å². The first kappa shape index (κ1) is 20.9. The van der Waals surface area contributed by atoms with Crippen LogP contribution in [0.4, 0.5) is 11.4 Å². The quantitative estimate of drug-likeness (QED) is 0.628. The highest BCUT2D eigenvalue weighted by atomic mass is 16.2. The number of nitrogens with zero attached hydrogens (tertiary/aromatic N) is 1. The molecule has 2 aromatic rings. The Balaban J connectivity index is 1.50. The summed E-state index contributed by atoms with van der Waals surface area (Å²) in [5, 5.41) is 11.7. The summed E-state index contributed by atoms with van der Waals surface area (Å²) in [6.45, 7) is 4.36. The minimum atomic E-state index is -0.660. The number of anilines is 2. The van der Waals surface area contributed by atoms with Crippen molar-refractivity contribution in [2.45, 2.75) is 76.5 Å². The van der Waals surface area contributed by atoms with Gasteiger partial charge in [-0.25, -0.2) is 0 Å². The van der Waals surface area contributed by atoms with Crippen LogP contribution in [0.15, 0.2) is 30.3 Å². The molecule has 1 saturated heterocycles. The van der Waals surface area contributed by atoms with Gasteiger partial charge in [-0.2, -0.15) is 0 Å². The first-order chi connectivity index (χ1) is 15.4. The predicted octanol–water partition coefficient (Wildman–Crippen LogP) is 3.33. The zero-order chi connectivity index (χ0) is 22.4. The van der Waals surface area contributed by atoms with Crippen LogP contribution in [0, 0.1) is 0 Å². The highest BCUT2D eigenvalue weighted by molar-refractivity contribution is 6.28. The van der Waals surface area contributed by atoms with Crippen molar-refractivity contribution in [2.75, 3.05) is 10.2 Å². The maximum atomic E-state index is 13.3. The summed E-state index contributed by atoms with van der Waals surface area (Å²) in [4.78, 5) is 39.0. The molecule has 3 amide bonds. The van der Waals surface area contributed by atoms with Crippen LogP contribution < -0.4 is 20.9 Å². The third-order valence-corrected chi connectivity index (χ3v) is 6.90. The average Bonchev–Trinajstić information content (AvgIpc) is 3.04. The van der Waals surface area contributed by atoms with Crippen LogP contribution in [0.25, 0.3) is 10.8 Å². The van der Waals surface area contributed by atoms with Crippen molar-refractivity contribution >= 4 is 39.9 Å². The van der Waals surface area contributed by atoms with Crippen LogP contribution in [0.2, 0.25) is 0 Å². The molecule has 5 rings (SSSR count). The van der Waals surface area contributed by atoms with Crippen LogP contribution in [0.3, 0.4) is 0 Å². The Bertz CT molecular complexity index is 1100. The highest BCUT2D eigenvalue weighted by Gasteiger charge is 2.41. The predicted molar refractivity (Wildman–Crippen MR) is 125 cm³/mol. The van der Waals surface area contributed by atoms with E-state index >= 15 is 0 Å². The molecule has 0 aromatic heterocycles. The van der Waals surface area contributed by atoms with Crippen LogP contribution >= 0.6 is 0 Å². The van der Waals surface area contributed by atoms with E-state index in [1.54, 1.807) is 4.90 Å². The number of hydrogen-bond donors (Lipinski definition) is 3. The van der Waals surface area contributed by atoms with Crippen LogP contribution in [-0.4, -0.2) is 41.9 Å². The summed E-state index contributed by atoms with van der Waals surface area (Å²) in [6, 6.07) is 10.2. The van der Waals surface area contributed by atoms with E-state index in [-0.39, 0.29) is 18.2 Å². The maximum Gasteiger partial charge on any atom is 0.259 e. The molecule has 0 radical (unpaired) electrons. The molecule has 168 valence electrons. The zero-order valence-electron chi connectivity index (χ0n) is 18.6. The Morgan fingerprint density at radius 1 is 1.00 bits per heavy atom. The molecule has 1 saturated carbocycles. The summed E-state index contributed by atoms with van der Waals surface area (Å²) < 4.78 is 0. The molecule has 3 atom stereocenters. The minimum absolute atomic E-state index is 0.172. The summed E-state index contributed by atoms with van der Waals surface area (Å²) in [6.07, 6.45) is 5.29. The monoisotopic (exact) mass is 434 g/mol. The van der Waals surface area contributed by atoms with Gasteiger partial charge in [0.25, 0.3) is 5.91 Å². The minimum Gasteiger partial charge on any atom is -0.380 e. The molecular weight excluding hydrogens is 404 g/mol. The molecule has 0 spiro atoms. The van der Waals surface area contributed by atoms with Crippen molar-refractivity contribution in [1.82, 2.24) is 10.6 Å². The molecule has 2 aromatic carbocycles. The van der Waals surface area contributed by atoms with Crippen LogP contribution in [-0.2, 0) is 9.59 Å². The highest BCUT2D eigenvalue weighted by Crippen LogP contribution is 2.42. The number of carbonyl (C=O) groups is 3. The third-order valence-electron chi connectivity index (χ3n) is 6.90. The number of nitrogens with one attached hydrogen (secondary N) is 3. The van der Waals surface area contributed by atoms with Crippen molar-refractivity contribution in [1.29, 1.82) is 0 Å². The van der Waals surface area contributed by atoms with E-state index in [1.807, 2.05) is 30.3 Å². The summed E-state index contributed by atoms with van der Waals surface area (Å²) >= 11 is 0. The van der Waals surface area contributed by atoms with Crippen molar-refractivity contribution in [3.05, 3.63) is 35.9 Å². The molecule has 7 nitrogen and oxygen atoms in total. The fourth-order valence-corrected chi connectivity index (χ4v) is 5.50. The number of piperidine rings is 1. The van der Waals surface area contributed by atoms with E-state index < -0.39 is 11.9 Å². The normalized spacial score (nSPS) is 25.5. The second-order valence-corrected chi connectivity index (χ2v) is 9.47. The summed E-state index contributed by atoms with van der Waals surface area (Å²) in [5.41, 5.74) is 2.39. The van der Waals surface area contributed by atoms with Gasteiger partial charge in [0.2, 0.25) is 11.8 Å². The lowest BCUT2D eigenvalue weighted by molar-refractivity contribution is -0.134. The van der Waals surface area contributed by atoms with Crippen molar-refractivity contribution in [3.63, 3.8) is 0 Å². The van der Waals surface area contributed by atoms with Gasteiger partial charge in [-0.15, -0.1) is 0 Å². The number of carbonyl (C=O) groups excluding carboxylic acids is 3. The molecule has 2 heterocycles. The van der Waals surface area contributed by atoms with Gasteiger partial charge in [-0.05, 0) is 37.5 Å². The number of benzene rings is 2. The maximum absolute atomic E-state index is 13.3. The molecule has 7 heteroatoms. The molecule has 3 N–H and O–H groups in total. The van der Waals surface area contributed by atoms with Crippen LogP contribution in [0.1, 0.15) is 62.7 Å². The molecule has 1 unspecified atom stereocenters. The smallest absolute Gasteiger partial charge is 0.259 e. The number of imide groups is 1. The Morgan fingerprint density at radius 3 is 2.53 bits per heavy atom. The Morgan fingerprint density at radius 2 is 1.78 bits per heavy atom. The van der Waals surface area contributed by atoms with E-state index in [2.05, 4.69) is 29.8 Å². The summed E-state index contributed by atoms with van der Waals surface area (Å²) in [7, 11) is 0. The van der Waals surface area contributed by atoms with E-state index in [9.17, 15) is 14.4 Å². The lowest BCUT2D eigenvalue weighted by Gasteiger charge is -2.35. The topological polar surface area (TPSA) is 90.5 Å². The van der Waals surface area contributed by atoms with E-state index in [0.717, 1.165) is 35.0 Å². The average molecular weight is 435 g/mol. The van der Waals surface area contributed by atoms with Gasteiger partial charge in [0.1, 0.15) is 6.04 Å². The largest absolute Gasteiger partial charge is 0.380 e. The number of rotatable bonds is 5. The Hall–Kier alpha value is -2.93. The fourth-order valence-electron chi connectivity index (χ4n) is 5.50. The van der Waals surface area contributed by atoms with Crippen molar-refractivity contribution in [3.8, 4) is 0 Å². The van der Waals surface area contributed by atoms with Crippen LogP contribution in [0.5, 0.6) is 0 Å². The molecule has 2 fully saturated rings. The zero-order valence-corrected chi connectivity index (χ0v) is 18.6. The Kier molecular flexibility index (Phi) is 5.37. The molecule has 0 bridgehead atoms. The first-order valence-electron chi connectivity index (χ1n) is 11.7. The number of hydrogen-bond acceptors (Lipinski definition) is 5. The van der Waals surface area contributed by atoms with E-state index in [0.29, 0.717) is 30.1 Å². The van der Waals surface area contributed by atoms with Gasteiger partial charge in [0, 0.05) is 41.0 Å². The van der Waals surface area contributed by atoms with Gasteiger partial charge < -0.3 is 10.6 Å². The number of amides is 3. The third kappa shape index (κ3) is 3.54. The Labute approximate surface area is 187 Å². The summed E-state index contributed by atoms with van der Waals surface area (Å²) in [5.74, 6) is -0.853. The fraction of sp³-hybridized carbons (Fsp3) is 0.480.